The van der Waals surface area contributed by atoms with Gasteiger partial charge in [-0.1, -0.05) is 39.0 Å². The van der Waals surface area contributed by atoms with Crippen LogP contribution in [0.25, 0.3) is 0 Å². The Kier molecular flexibility index (Phi) is 7.48. The monoisotopic (exact) mass is 327 g/mol. The molecule has 0 spiro atoms. The van der Waals surface area contributed by atoms with Crippen LogP contribution in [0.1, 0.15) is 27.7 Å². The Bertz CT molecular complexity index is 536. The molecular weight excluding hydrogens is 298 g/mol. The summed E-state index contributed by atoms with van der Waals surface area (Å²) in [5.41, 5.74) is 5.71. The molecule has 0 bridgehead atoms. The van der Waals surface area contributed by atoms with Crippen molar-refractivity contribution in [2.45, 2.75) is 39.8 Å². The van der Waals surface area contributed by atoms with Crippen molar-refractivity contribution in [3.8, 4) is 0 Å². The normalized spacial score (nSPS) is 21.5. The summed E-state index contributed by atoms with van der Waals surface area (Å²) in [7, 11) is -3.50. The summed E-state index contributed by atoms with van der Waals surface area (Å²) in [6, 6.07) is -0.0236. The summed E-state index contributed by atoms with van der Waals surface area (Å²) < 4.78 is 27.5. The first-order valence-corrected chi connectivity index (χ1v) is 9.27. The van der Waals surface area contributed by atoms with E-state index in [0.717, 1.165) is 0 Å². The van der Waals surface area contributed by atoms with Crippen LogP contribution in [-0.2, 0) is 10.0 Å². The molecule has 0 aliphatic heterocycles. The van der Waals surface area contributed by atoms with E-state index in [2.05, 4.69) is 23.9 Å². The quantitative estimate of drug-likeness (QED) is 0.631. The molecule has 0 amide bonds. The van der Waals surface area contributed by atoms with E-state index in [1.54, 1.807) is 18.2 Å². The van der Waals surface area contributed by atoms with Gasteiger partial charge < -0.3 is 11.1 Å². The van der Waals surface area contributed by atoms with Gasteiger partial charge in [0.25, 0.3) is 0 Å². The molecule has 0 aromatic rings. The summed E-state index contributed by atoms with van der Waals surface area (Å²) in [4.78, 5) is 0.291. The van der Waals surface area contributed by atoms with Gasteiger partial charge in [-0.2, -0.15) is 0 Å². The van der Waals surface area contributed by atoms with Crippen LogP contribution in [0.5, 0.6) is 0 Å². The summed E-state index contributed by atoms with van der Waals surface area (Å²) in [6.45, 7) is 9.12. The van der Waals surface area contributed by atoms with E-state index in [1.807, 2.05) is 26.0 Å². The molecular formula is C16H29N3O2S. The fourth-order valence-corrected chi connectivity index (χ4v) is 3.43. The third-order valence-electron chi connectivity index (χ3n) is 3.65. The largest absolute Gasteiger partial charge is 0.329 e. The molecule has 4 N–H and O–H groups in total. The second-order valence-electron chi connectivity index (χ2n) is 6.19. The molecule has 0 saturated carbocycles. The van der Waals surface area contributed by atoms with Crippen LogP contribution in [0.3, 0.4) is 0 Å². The lowest BCUT2D eigenvalue weighted by Crippen LogP contribution is -2.47. The fraction of sp³-hybridized carbons (Fsp3) is 0.625. The second kappa shape index (κ2) is 8.62. The van der Waals surface area contributed by atoms with Gasteiger partial charge >= 0.3 is 0 Å². The molecule has 6 heteroatoms. The van der Waals surface area contributed by atoms with E-state index >= 15 is 0 Å². The number of hydrogen-bond acceptors (Lipinski definition) is 4. The Morgan fingerprint density at radius 3 is 2.55 bits per heavy atom. The second-order valence-corrected chi connectivity index (χ2v) is 7.90. The minimum absolute atomic E-state index is 0.188. The highest BCUT2D eigenvalue weighted by molar-refractivity contribution is 7.93. The van der Waals surface area contributed by atoms with Crippen LogP contribution in [0.2, 0.25) is 0 Å². The van der Waals surface area contributed by atoms with Gasteiger partial charge in [0.15, 0.2) is 0 Å². The highest BCUT2D eigenvalue weighted by Crippen LogP contribution is 2.14. The van der Waals surface area contributed by atoms with E-state index in [1.165, 1.54) is 0 Å². The lowest BCUT2D eigenvalue weighted by Gasteiger charge is -2.23. The Morgan fingerprint density at radius 2 is 1.95 bits per heavy atom. The summed E-state index contributed by atoms with van der Waals surface area (Å²) in [5, 5.41) is 3.31. The van der Waals surface area contributed by atoms with Crippen LogP contribution in [0.15, 0.2) is 35.3 Å². The predicted octanol–water partition coefficient (Wildman–Crippen LogP) is 1.51. The maximum absolute atomic E-state index is 12.4. The molecule has 1 rings (SSSR count). The molecule has 3 atom stereocenters. The fourth-order valence-electron chi connectivity index (χ4n) is 2.17. The van der Waals surface area contributed by atoms with Crippen LogP contribution in [0, 0.1) is 11.8 Å². The van der Waals surface area contributed by atoms with Crippen molar-refractivity contribution in [2.75, 3.05) is 13.1 Å². The van der Waals surface area contributed by atoms with Crippen LogP contribution >= 0.6 is 0 Å². The zero-order valence-corrected chi connectivity index (χ0v) is 14.7. The van der Waals surface area contributed by atoms with Crippen molar-refractivity contribution in [3.63, 3.8) is 0 Å². The van der Waals surface area contributed by atoms with Crippen molar-refractivity contribution in [2.24, 2.45) is 17.6 Å². The summed E-state index contributed by atoms with van der Waals surface area (Å²) in [5.74, 6) is 0.646. The highest BCUT2D eigenvalue weighted by atomic mass is 32.2. The van der Waals surface area contributed by atoms with E-state index in [-0.39, 0.29) is 18.0 Å². The Balaban J connectivity index is 2.63. The first-order valence-electron chi connectivity index (χ1n) is 7.78. The highest BCUT2D eigenvalue weighted by Gasteiger charge is 2.20. The van der Waals surface area contributed by atoms with Gasteiger partial charge in [0.1, 0.15) is 0 Å². The van der Waals surface area contributed by atoms with Crippen LogP contribution in [0.4, 0.5) is 0 Å². The van der Waals surface area contributed by atoms with Gasteiger partial charge in [-0.15, -0.1) is 0 Å². The van der Waals surface area contributed by atoms with Crippen molar-refractivity contribution in [3.05, 3.63) is 35.3 Å². The topological polar surface area (TPSA) is 84.2 Å². The van der Waals surface area contributed by atoms with Gasteiger partial charge in [-0.25, -0.2) is 13.1 Å². The minimum atomic E-state index is -3.50. The molecule has 0 fully saturated rings. The number of nitrogens with two attached hydrogens (primary N) is 1. The van der Waals surface area contributed by atoms with Crippen molar-refractivity contribution < 1.29 is 8.42 Å². The number of sulfonamides is 1. The first kappa shape index (κ1) is 19.1. The van der Waals surface area contributed by atoms with Gasteiger partial charge in [-0.05, 0) is 30.9 Å². The minimum Gasteiger partial charge on any atom is -0.329 e. The molecule has 0 aromatic heterocycles. The van der Waals surface area contributed by atoms with Crippen molar-refractivity contribution in [1.29, 1.82) is 0 Å². The van der Waals surface area contributed by atoms with E-state index < -0.39 is 10.0 Å². The molecule has 1 aliphatic rings. The Labute approximate surface area is 134 Å². The molecule has 22 heavy (non-hydrogen) atoms. The third-order valence-corrected chi connectivity index (χ3v) is 5.26. The Morgan fingerprint density at radius 1 is 1.27 bits per heavy atom. The molecule has 1 unspecified atom stereocenters. The molecule has 126 valence electrons. The number of rotatable bonds is 8. The first-order chi connectivity index (χ1) is 10.3. The lowest BCUT2D eigenvalue weighted by atomic mass is 10.0. The molecule has 0 aromatic carbocycles. The third kappa shape index (κ3) is 6.04. The maximum Gasteiger partial charge on any atom is 0.240 e. The molecule has 0 radical (unpaired) electrons. The number of hydrogen-bond donors (Lipinski definition) is 3. The smallest absolute Gasteiger partial charge is 0.240 e. The van der Waals surface area contributed by atoms with Gasteiger partial charge in [0.05, 0.1) is 4.91 Å². The average molecular weight is 327 g/mol. The Hall–Kier alpha value is -0.950. The van der Waals surface area contributed by atoms with Gasteiger partial charge in [0.2, 0.25) is 10.0 Å². The standard InChI is InChI=1S/C16H29N3O2S/c1-12(2)16(10-17)18-11-14(4)19-22(20,21)15-7-5-6-13(3)8-9-15/h5-9,12-14,16,18-19H,10-11,17H2,1-4H3/t13?,14-,16-/m0/s1. The van der Waals surface area contributed by atoms with E-state index in [4.69, 9.17) is 5.73 Å². The SMILES string of the molecule is CC1C=CC=C(S(=O)(=O)N[C@@H](C)CN[C@@H](CN)C(C)C)C=C1. The average Bonchev–Trinajstić information content (AvgIpc) is 2.63. The van der Waals surface area contributed by atoms with Crippen LogP contribution < -0.4 is 15.8 Å². The van der Waals surface area contributed by atoms with Crippen molar-refractivity contribution >= 4 is 10.0 Å². The zero-order valence-electron chi connectivity index (χ0n) is 13.9. The van der Waals surface area contributed by atoms with E-state index in [9.17, 15) is 8.42 Å². The van der Waals surface area contributed by atoms with Gasteiger partial charge in [-0.3, -0.25) is 0 Å². The van der Waals surface area contributed by atoms with E-state index in [0.29, 0.717) is 23.9 Å². The molecule has 0 saturated heterocycles. The predicted molar refractivity (Wildman–Crippen MR) is 92.7 cm³/mol. The molecule has 5 nitrogen and oxygen atoms in total. The van der Waals surface area contributed by atoms with Crippen LogP contribution in [-0.4, -0.2) is 33.6 Å². The van der Waals surface area contributed by atoms with Crippen molar-refractivity contribution in [1.82, 2.24) is 10.0 Å². The summed E-state index contributed by atoms with van der Waals surface area (Å²) in [6.07, 6.45) is 8.90. The molecule has 1 aliphatic carbocycles. The summed E-state index contributed by atoms with van der Waals surface area (Å²) >= 11 is 0. The maximum atomic E-state index is 12.4. The lowest BCUT2D eigenvalue weighted by molar-refractivity contribution is 0.391. The number of nitrogens with one attached hydrogen (secondary N) is 2. The number of allylic oxidation sites excluding steroid dienone is 5. The zero-order chi connectivity index (χ0) is 16.8. The molecule has 0 heterocycles. The van der Waals surface area contributed by atoms with Gasteiger partial charge in [0, 0.05) is 25.2 Å².